The van der Waals surface area contributed by atoms with Gasteiger partial charge in [0, 0.05) is 45.0 Å². The number of rotatable bonds is 10. The van der Waals surface area contributed by atoms with Crippen LogP contribution in [0.1, 0.15) is 31.9 Å². The second-order valence-electron chi connectivity index (χ2n) is 7.73. The number of nitrogens with one attached hydrogen (secondary N) is 1. The summed E-state index contributed by atoms with van der Waals surface area (Å²) in [5, 5.41) is 3.99. The normalized spacial score (nSPS) is 12.0. The van der Waals surface area contributed by atoms with E-state index in [0.717, 1.165) is 0 Å². The lowest BCUT2D eigenvalue weighted by molar-refractivity contribution is -0.138. The van der Waals surface area contributed by atoms with E-state index < -0.39 is 11.9 Å². The van der Waals surface area contributed by atoms with Crippen molar-refractivity contribution in [2.45, 2.75) is 39.1 Å². The molecule has 2 amide bonds. The lowest BCUT2D eigenvalue weighted by Crippen LogP contribution is -2.48. The van der Waals surface area contributed by atoms with Crippen LogP contribution in [0.5, 0.6) is 0 Å². The quantitative estimate of drug-likeness (QED) is 0.406. The van der Waals surface area contributed by atoms with E-state index in [2.05, 4.69) is 5.32 Å². The Balaban J connectivity index is 2.17. The van der Waals surface area contributed by atoms with Crippen molar-refractivity contribution in [2.24, 2.45) is 5.92 Å². The summed E-state index contributed by atoms with van der Waals surface area (Å²) in [5.74, 6) is -0.434. The first-order chi connectivity index (χ1) is 15.1. The minimum absolute atomic E-state index is 0.0362. The van der Waals surface area contributed by atoms with Crippen LogP contribution in [-0.2, 0) is 21.9 Å². The van der Waals surface area contributed by atoms with Crippen LogP contribution < -0.4 is 5.32 Å². The highest BCUT2D eigenvalue weighted by molar-refractivity contribution is 7.99. The zero-order valence-electron chi connectivity index (χ0n) is 18.1. The maximum Gasteiger partial charge on any atom is 0.242 e. The number of thioether (sulfide) groups is 1. The Kier molecular flexibility index (Phi) is 10.6. The first-order valence-corrected chi connectivity index (χ1v) is 12.4. The maximum absolute atomic E-state index is 14.0. The summed E-state index contributed by atoms with van der Waals surface area (Å²) < 4.78 is 14.0. The number of hydrogen-bond donors (Lipinski definition) is 1. The molecule has 32 heavy (non-hydrogen) atoms. The minimum atomic E-state index is -0.744. The first-order valence-electron chi connectivity index (χ1n) is 10.1. The van der Waals surface area contributed by atoms with Crippen LogP contribution in [-0.4, -0.2) is 35.1 Å². The van der Waals surface area contributed by atoms with Gasteiger partial charge in [-0.1, -0.05) is 60.8 Å². The molecule has 2 aromatic carbocycles. The lowest BCUT2D eigenvalue weighted by Gasteiger charge is -2.29. The summed E-state index contributed by atoms with van der Waals surface area (Å²) in [4.78, 5) is 27.3. The van der Waals surface area contributed by atoms with Crippen molar-refractivity contribution < 1.29 is 14.0 Å². The maximum atomic E-state index is 14.0. The molecule has 0 saturated heterocycles. The van der Waals surface area contributed by atoms with Gasteiger partial charge in [-0.25, -0.2) is 4.39 Å². The molecule has 2 rings (SSSR count). The van der Waals surface area contributed by atoms with Gasteiger partial charge in [0.15, 0.2) is 0 Å². The zero-order valence-corrected chi connectivity index (χ0v) is 21.2. The van der Waals surface area contributed by atoms with E-state index >= 15 is 0 Å². The summed E-state index contributed by atoms with van der Waals surface area (Å²) in [5.41, 5.74) is 0.908. The molecule has 174 valence electrons. The molecule has 9 heteroatoms. The number of halogens is 4. The summed E-state index contributed by atoms with van der Waals surface area (Å²) in [6.07, 6.45) is 0. The molecule has 0 unspecified atom stereocenters. The van der Waals surface area contributed by atoms with Gasteiger partial charge in [0.25, 0.3) is 0 Å². The molecule has 1 atom stereocenters. The Hall–Kier alpha value is -1.47. The van der Waals surface area contributed by atoms with E-state index in [1.165, 1.54) is 28.8 Å². The topological polar surface area (TPSA) is 49.4 Å². The minimum Gasteiger partial charge on any atom is -0.354 e. The van der Waals surface area contributed by atoms with Gasteiger partial charge in [0.05, 0.1) is 5.75 Å². The van der Waals surface area contributed by atoms with Gasteiger partial charge >= 0.3 is 0 Å². The Labute approximate surface area is 207 Å². The molecule has 0 spiro atoms. The van der Waals surface area contributed by atoms with Crippen LogP contribution in [0.3, 0.4) is 0 Å². The fourth-order valence-electron chi connectivity index (χ4n) is 2.88. The Morgan fingerprint density at radius 1 is 1.00 bits per heavy atom. The van der Waals surface area contributed by atoms with Crippen molar-refractivity contribution >= 4 is 58.4 Å². The van der Waals surface area contributed by atoms with Crippen molar-refractivity contribution in [1.82, 2.24) is 10.2 Å². The zero-order chi connectivity index (χ0) is 23.8. The largest absolute Gasteiger partial charge is 0.354 e. The highest BCUT2D eigenvalue weighted by Crippen LogP contribution is 2.28. The number of carbonyl (C=O) groups excluding carboxylic acids is 2. The SMILES string of the molecule is CC(C)CNC(=O)[C@@H](C)N(Cc1c(Cl)cccc1Cl)C(=O)CSCc1c(F)cccc1Cl. The molecule has 0 aliphatic rings. The van der Waals surface area contributed by atoms with E-state index in [4.69, 9.17) is 34.8 Å². The molecular weight excluding hydrogens is 494 g/mol. The summed E-state index contributed by atoms with van der Waals surface area (Å²) in [7, 11) is 0. The van der Waals surface area contributed by atoms with Crippen molar-refractivity contribution in [3.63, 3.8) is 0 Å². The third-order valence-electron chi connectivity index (χ3n) is 4.78. The highest BCUT2D eigenvalue weighted by atomic mass is 35.5. The Bertz CT molecular complexity index is 918. The lowest BCUT2D eigenvalue weighted by atomic mass is 10.1. The predicted molar refractivity (Wildman–Crippen MR) is 132 cm³/mol. The van der Waals surface area contributed by atoms with Crippen LogP contribution in [0, 0.1) is 11.7 Å². The van der Waals surface area contributed by atoms with E-state index in [1.807, 2.05) is 13.8 Å². The number of nitrogens with zero attached hydrogens (tertiary/aromatic N) is 1. The first kappa shape index (κ1) is 26.8. The van der Waals surface area contributed by atoms with Gasteiger partial charge < -0.3 is 10.2 Å². The van der Waals surface area contributed by atoms with Crippen LogP contribution >= 0.6 is 46.6 Å². The van der Waals surface area contributed by atoms with Crippen molar-refractivity contribution in [3.05, 3.63) is 68.4 Å². The van der Waals surface area contributed by atoms with Gasteiger partial charge in [0.1, 0.15) is 11.9 Å². The summed E-state index contributed by atoms with van der Waals surface area (Å²) in [6.45, 7) is 6.22. The third-order valence-corrected chi connectivity index (χ3v) is 6.78. The van der Waals surface area contributed by atoms with Crippen molar-refractivity contribution in [3.8, 4) is 0 Å². The van der Waals surface area contributed by atoms with Crippen LogP contribution in [0.25, 0.3) is 0 Å². The molecule has 0 bridgehead atoms. The van der Waals surface area contributed by atoms with Gasteiger partial charge in [-0.3, -0.25) is 9.59 Å². The number of amides is 2. The van der Waals surface area contributed by atoms with E-state index in [-0.39, 0.29) is 35.8 Å². The molecule has 0 aromatic heterocycles. The second-order valence-corrected chi connectivity index (χ2v) is 9.94. The van der Waals surface area contributed by atoms with E-state index in [1.54, 1.807) is 31.2 Å². The summed E-state index contributed by atoms with van der Waals surface area (Å²) in [6, 6.07) is 8.81. The van der Waals surface area contributed by atoms with Gasteiger partial charge in [0.2, 0.25) is 11.8 Å². The third kappa shape index (κ3) is 7.55. The molecule has 0 heterocycles. The Morgan fingerprint density at radius 2 is 1.56 bits per heavy atom. The number of hydrogen-bond acceptors (Lipinski definition) is 3. The molecule has 2 aromatic rings. The van der Waals surface area contributed by atoms with Gasteiger partial charge in [-0.15, -0.1) is 11.8 Å². The highest BCUT2D eigenvalue weighted by Gasteiger charge is 2.27. The molecule has 0 aliphatic carbocycles. The number of carbonyl (C=O) groups is 2. The van der Waals surface area contributed by atoms with Crippen LogP contribution in [0.15, 0.2) is 36.4 Å². The smallest absolute Gasteiger partial charge is 0.242 e. The van der Waals surface area contributed by atoms with Crippen LogP contribution in [0.2, 0.25) is 15.1 Å². The van der Waals surface area contributed by atoms with Crippen molar-refractivity contribution in [1.29, 1.82) is 0 Å². The van der Waals surface area contributed by atoms with E-state index in [0.29, 0.717) is 32.7 Å². The summed E-state index contributed by atoms with van der Waals surface area (Å²) >= 11 is 19.9. The van der Waals surface area contributed by atoms with E-state index in [9.17, 15) is 14.0 Å². The van der Waals surface area contributed by atoms with Gasteiger partial charge in [-0.2, -0.15) is 0 Å². The molecule has 0 aliphatic heterocycles. The molecule has 0 saturated carbocycles. The molecular formula is C23H26Cl3FN2O2S. The fourth-order valence-corrected chi connectivity index (χ4v) is 4.65. The number of benzene rings is 2. The average Bonchev–Trinajstić information content (AvgIpc) is 2.73. The van der Waals surface area contributed by atoms with Crippen molar-refractivity contribution in [2.75, 3.05) is 12.3 Å². The Morgan fingerprint density at radius 3 is 2.12 bits per heavy atom. The predicted octanol–water partition coefficient (Wildman–Crippen LogP) is 6.21. The van der Waals surface area contributed by atoms with Crippen LogP contribution in [0.4, 0.5) is 4.39 Å². The molecule has 0 radical (unpaired) electrons. The molecule has 1 N–H and O–H groups in total. The average molecular weight is 520 g/mol. The standard InChI is InChI=1S/C23H26Cl3FN2O2S/c1-14(2)10-28-23(31)15(3)29(11-16-18(24)6-4-7-19(16)25)22(30)13-32-12-17-20(26)8-5-9-21(17)27/h4-9,14-15H,10-13H2,1-3H3,(H,28,31)/t15-/m1/s1. The monoisotopic (exact) mass is 518 g/mol. The van der Waals surface area contributed by atoms with Gasteiger partial charge in [-0.05, 0) is 37.1 Å². The molecule has 0 fully saturated rings. The molecule has 4 nitrogen and oxygen atoms in total. The fraction of sp³-hybridized carbons (Fsp3) is 0.391. The second kappa shape index (κ2) is 12.7.